The molecule has 1 N–H and O–H groups in total. The van der Waals surface area contributed by atoms with Gasteiger partial charge in [-0.2, -0.15) is 0 Å². The maximum Gasteiger partial charge on any atom is 0.318 e. The maximum atomic E-state index is 12.7. The number of carbonyl (C=O) groups is 1. The van der Waals surface area contributed by atoms with Crippen LogP contribution in [0.5, 0.6) is 0 Å². The second kappa shape index (κ2) is 5.14. The van der Waals surface area contributed by atoms with Crippen LogP contribution in [0.15, 0.2) is 0 Å². The highest BCUT2D eigenvalue weighted by atomic mass is 16.2. The number of carbonyl (C=O) groups excluding carboxylic acids is 1. The Kier molecular flexibility index (Phi) is 3.20. The van der Waals surface area contributed by atoms with Crippen LogP contribution in [-0.2, 0) is 0 Å². The van der Waals surface area contributed by atoms with E-state index in [1.807, 2.05) is 0 Å². The molecule has 4 bridgehead atoms. The molecule has 2 amide bonds. The predicted molar refractivity (Wildman–Crippen MR) is 86.4 cm³/mol. The summed E-state index contributed by atoms with van der Waals surface area (Å²) >= 11 is 0. The average Bonchev–Trinajstić information content (AvgIpc) is 2.89. The van der Waals surface area contributed by atoms with E-state index < -0.39 is 0 Å². The van der Waals surface area contributed by atoms with E-state index in [4.69, 9.17) is 0 Å². The zero-order valence-corrected chi connectivity index (χ0v) is 13.7. The quantitative estimate of drug-likeness (QED) is 0.827. The fourth-order valence-corrected chi connectivity index (χ4v) is 7.05. The third kappa shape index (κ3) is 2.11. The van der Waals surface area contributed by atoms with Crippen molar-refractivity contribution in [3.63, 3.8) is 0 Å². The van der Waals surface area contributed by atoms with Gasteiger partial charge in [-0.15, -0.1) is 0 Å². The van der Waals surface area contributed by atoms with E-state index in [1.165, 1.54) is 64.2 Å². The summed E-state index contributed by atoms with van der Waals surface area (Å²) in [5.41, 5.74) is 0. The third-order valence-electron chi connectivity index (χ3n) is 7.72. The Morgan fingerprint density at radius 1 is 0.818 bits per heavy atom. The van der Waals surface area contributed by atoms with Crippen LogP contribution in [0.2, 0.25) is 0 Å². The van der Waals surface area contributed by atoms with Gasteiger partial charge in [0.25, 0.3) is 0 Å². The minimum absolute atomic E-state index is 0.271. The first-order valence-electron chi connectivity index (χ1n) is 9.85. The minimum Gasteiger partial charge on any atom is -0.333 e. The molecule has 1 heterocycles. The largest absolute Gasteiger partial charge is 0.333 e. The molecule has 1 saturated heterocycles. The average molecular weight is 302 g/mol. The molecule has 0 spiro atoms. The van der Waals surface area contributed by atoms with Gasteiger partial charge in [0.05, 0.1) is 6.04 Å². The summed E-state index contributed by atoms with van der Waals surface area (Å²) in [6, 6.07) is 1.31. The monoisotopic (exact) mass is 302 g/mol. The standard InChI is InChI=1S/C19H30N2O/c22-19-20-17(14-4-2-1-3-5-14)11-21(19)18-15-7-12-6-13(9-15)10-16(18)8-12/h12-18H,1-11H2,(H,20,22)/t12?,13?,15?,16?,17-,18?/m1/s1. The van der Waals surface area contributed by atoms with Crippen molar-refractivity contribution in [2.24, 2.45) is 29.6 Å². The van der Waals surface area contributed by atoms with Crippen molar-refractivity contribution in [2.45, 2.75) is 76.3 Å². The van der Waals surface area contributed by atoms with Crippen molar-refractivity contribution in [1.29, 1.82) is 0 Å². The van der Waals surface area contributed by atoms with E-state index in [1.54, 1.807) is 0 Å². The molecule has 0 aromatic rings. The van der Waals surface area contributed by atoms with Crippen molar-refractivity contribution in [3.8, 4) is 0 Å². The second-order valence-electron chi connectivity index (χ2n) is 9.03. The van der Waals surface area contributed by atoms with Crippen LogP contribution in [0.3, 0.4) is 0 Å². The van der Waals surface area contributed by atoms with Gasteiger partial charge < -0.3 is 10.2 Å². The highest BCUT2D eigenvalue weighted by Gasteiger charge is 2.52. The van der Waals surface area contributed by atoms with Crippen molar-refractivity contribution in [1.82, 2.24) is 10.2 Å². The van der Waals surface area contributed by atoms with Crippen molar-refractivity contribution in [3.05, 3.63) is 0 Å². The van der Waals surface area contributed by atoms with Crippen molar-refractivity contribution < 1.29 is 4.79 Å². The lowest BCUT2D eigenvalue weighted by atomic mass is 9.54. The second-order valence-corrected chi connectivity index (χ2v) is 9.03. The van der Waals surface area contributed by atoms with Crippen molar-refractivity contribution >= 4 is 6.03 Å². The van der Waals surface area contributed by atoms with E-state index >= 15 is 0 Å². The number of urea groups is 1. The zero-order valence-electron chi connectivity index (χ0n) is 13.7. The lowest BCUT2D eigenvalue weighted by Crippen LogP contribution is -2.56. The van der Waals surface area contributed by atoms with E-state index in [2.05, 4.69) is 10.2 Å². The summed E-state index contributed by atoms with van der Waals surface area (Å²) in [6.07, 6.45) is 14.0. The zero-order chi connectivity index (χ0) is 14.7. The lowest BCUT2D eigenvalue weighted by Gasteiger charge is -2.56. The number of amides is 2. The molecule has 0 unspecified atom stereocenters. The number of hydrogen-bond acceptors (Lipinski definition) is 1. The van der Waals surface area contributed by atoms with Gasteiger partial charge in [-0.1, -0.05) is 19.3 Å². The first-order valence-corrected chi connectivity index (χ1v) is 9.85. The molecule has 122 valence electrons. The fourth-order valence-electron chi connectivity index (χ4n) is 7.05. The smallest absolute Gasteiger partial charge is 0.318 e. The topological polar surface area (TPSA) is 32.3 Å². The summed E-state index contributed by atoms with van der Waals surface area (Å²) in [4.78, 5) is 15.0. The maximum absolute atomic E-state index is 12.7. The van der Waals surface area contributed by atoms with Crippen LogP contribution in [0.1, 0.15) is 64.2 Å². The molecule has 0 aromatic carbocycles. The van der Waals surface area contributed by atoms with E-state index in [-0.39, 0.29) is 6.03 Å². The van der Waals surface area contributed by atoms with E-state index in [0.29, 0.717) is 12.1 Å². The number of hydrogen-bond donors (Lipinski definition) is 1. The summed E-state index contributed by atoms with van der Waals surface area (Å²) in [5.74, 6) is 4.40. The van der Waals surface area contributed by atoms with Gasteiger partial charge in [-0.25, -0.2) is 4.79 Å². The Morgan fingerprint density at radius 3 is 2.09 bits per heavy atom. The highest BCUT2D eigenvalue weighted by Crippen LogP contribution is 2.55. The van der Waals surface area contributed by atoms with Crippen LogP contribution in [0, 0.1) is 29.6 Å². The summed E-state index contributed by atoms with van der Waals surface area (Å²) < 4.78 is 0. The highest BCUT2D eigenvalue weighted by molar-refractivity contribution is 5.77. The first kappa shape index (κ1) is 13.7. The molecule has 5 saturated carbocycles. The van der Waals surface area contributed by atoms with Crippen LogP contribution in [0.4, 0.5) is 4.79 Å². The summed E-state index contributed by atoms with van der Waals surface area (Å²) in [7, 11) is 0. The Morgan fingerprint density at radius 2 is 1.45 bits per heavy atom. The van der Waals surface area contributed by atoms with Crippen LogP contribution in [-0.4, -0.2) is 29.6 Å². The molecule has 22 heavy (non-hydrogen) atoms. The molecule has 6 aliphatic rings. The Bertz CT molecular complexity index is 428. The molecule has 3 heteroatoms. The Hall–Kier alpha value is -0.730. The Balaban J connectivity index is 1.32. The third-order valence-corrected chi connectivity index (χ3v) is 7.72. The lowest BCUT2D eigenvalue weighted by molar-refractivity contribution is -0.0476. The molecule has 1 atom stereocenters. The van der Waals surface area contributed by atoms with Gasteiger partial charge >= 0.3 is 6.03 Å². The van der Waals surface area contributed by atoms with Gasteiger partial charge in [-0.3, -0.25) is 0 Å². The minimum atomic E-state index is 0.271. The SMILES string of the molecule is O=C1N[C@@H](C2CCCCC2)CN1C1C2CC3CC(C2)CC1C3. The molecular weight excluding hydrogens is 272 g/mol. The molecule has 3 nitrogen and oxygen atoms in total. The molecule has 6 rings (SSSR count). The summed E-state index contributed by atoms with van der Waals surface area (Å²) in [5, 5.41) is 3.37. The number of rotatable bonds is 2. The van der Waals surface area contributed by atoms with Gasteiger partial charge in [0, 0.05) is 12.6 Å². The van der Waals surface area contributed by atoms with Gasteiger partial charge in [0.1, 0.15) is 0 Å². The van der Waals surface area contributed by atoms with Gasteiger partial charge in [0.15, 0.2) is 0 Å². The van der Waals surface area contributed by atoms with E-state index in [9.17, 15) is 4.79 Å². The van der Waals surface area contributed by atoms with E-state index in [0.717, 1.165) is 36.1 Å². The van der Waals surface area contributed by atoms with Crippen LogP contribution in [0.25, 0.3) is 0 Å². The molecule has 6 fully saturated rings. The normalized spacial score (nSPS) is 48.0. The molecule has 1 aliphatic heterocycles. The number of nitrogens with zero attached hydrogens (tertiary/aromatic N) is 1. The van der Waals surface area contributed by atoms with Crippen molar-refractivity contribution in [2.75, 3.05) is 6.54 Å². The predicted octanol–water partition coefficient (Wildman–Crippen LogP) is 3.79. The summed E-state index contributed by atoms with van der Waals surface area (Å²) in [6.45, 7) is 1.01. The number of nitrogens with one attached hydrogen (secondary N) is 1. The Labute approximate surface area is 134 Å². The molecule has 0 radical (unpaired) electrons. The molecule has 0 aromatic heterocycles. The van der Waals surface area contributed by atoms with Crippen LogP contribution >= 0.6 is 0 Å². The first-order chi connectivity index (χ1) is 10.8. The molecular formula is C19H30N2O. The van der Waals surface area contributed by atoms with Crippen LogP contribution < -0.4 is 5.32 Å². The van der Waals surface area contributed by atoms with Gasteiger partial charge in [-0.05, 0) is 74.5 Å². The fraction of sp³-hybridized carbons (Fsp3) is 0.947. The molecule has 5 aliphatic carbocycles. The van der Waals surface area contributed by atoms with Gasteiger partial charge in [0.2, 0.25) is 0 Å².